The van der Waals surface area contributed by atoms with Crippen LogP contribution in [0.5, 0.6) is 0 Å². The predicted molar refractivity (Wildman–Crippen MR) is 68.4 cm³/mol. The Morgan fingerprint density at radius 1 is 1.00 bits per heavy atom. The normalized spacial score (nSPS) is 10.1. The van der Waals surface area contributed by atoms with Crippen molar-refractivity contribution in [1.82, 2.24) is 0 Å². The summed E-state index contributed by atoms with van der Waals surface area (Å²) >= 11 is 0. The van der Waals surface area contributed by atoms with Crippen molar-refractivity contribution in [3.8, 4) is 11.1 Å². The van der Waals surface area contributed by atoms with E-state index in [-0.39, 0.29) is 16.7 Å². The van der Waals surface area contributed by atoms with Crippen LogP contribution >= 0.6 is 0 Å². The lowest BCUT2D eigenvalue weighted by Crippen LogP contribution is -2.32. The summed E-state index contributed by atoms with van der Waals surface area (Å²) in [5.41, 5.74) is 0.785. The Morgan fingerprint density at radius 3 is 2.22 bits per heavy atom. The number of nitro groups is 1. The molecule has 0 aliphatic rings. The third kappa shape index (κ3) is 2.25. The molecule has 0 atom stereocenters. The fourth-order valence-corrected chi connectivity index (χ4v) is 1.84. The Balaban J connectivity index is 2.73. The molecular weight excluding hydrogens is 233 g/mol. The van der Waals surface area contributed by atoms with E-state index in [0.717, 1.165) is 0 Å². The highest BCUT2D eigenvalue weighted by molar-refractivity contribution is 6.60. The summed E-state index contributed by atoms with van der Waals surface area (Å²) in [6.45, 7) is 0. The Morgan fingerprint density at radius 2 is 1.67 bits per heavy atom. The van der Waals surface area contributed by atoms with Gasteiger partial charge >= 0.3 is 7.12 Å². The second-order valence-corrected chi connectivity index (χ2v) is 3.74. The van der Waals surface area contributed by atoms with E-state index in [1.54, 1.807) is 30.3 Å². The molecule has 2 aromatic carbocycles. The van der Waals surface area contributed by atoms with Crippen LogP contribution in [0.1, 0.15) is 0 Å². The van der Waals surface area contributed by atoms with E-state index in [4.69, 9.17) is 0 Å². The van der Waals surface area contributed by atoms with Crippen LogP contribution in [0, 0.1) is 10.1 Å². The predicted octanol–water partition coefficient (Wildman–Crippen LogP) is 0.942. The highest BCUT2D eigenvalue weighted by Crippen LogP contribution is 2.27. The Bertz CT molecular complexity index is 572. The molecule has 5 nitrogen and oxygen atoms in total. The minimum Gasteiger partial charge on any atom is -0.423 e. The second-order valence-electron chi connectivity index (χ2n) is 3.74. The summed E-state index contributed by atoms with van der Waals surface area (Å²) < 4.78 is 0. The maximum Gasteiger partial charge on any atom is 0.489 e. The summed E-state index contributed by atoms with van der Waals surface area (Å²) in [5.74, 6) is 0. The van der Waals surface area contributed by atoms with Crippen LogP contribution in [0.25, 0.3) is 11.1 Å². The van der Waals surface area contributed by atoms with Gasteiger partial charge in [-0.15, -0.1) is 0 Å². The zero-order valence-electron chi connectivity index (χ0n) is 9.35. The molecule has 0 radical (unpaired) electrons. The summed E-state index contributed by atoms with van der Waals surface area (Å²) in [4.78, 5) is 10.5. The summed E-state index contributed by atoms with van der Waals surface area (Å²) in [6.07, 6.45) is 0. The molecule has 0 fully saturated rings. The Labute approximate surface area is 104 Å². The van der Waals surface area contributed by atoms with Gasteiger partial charge in [-0.1, -0.05) is 42.5 Å². The quantitative estimate of drug-likeness (QED) is 0.477. The molecule has 2 N–H and O–H groups in total. The number of nitro benzene ring substituents is 1. The van der Waals surface area contributed by atoms with Gasteiger partial charge in [0.25, 0.3) is 5.69 Å². The van der Waals surface area contributed by atoms with Crippen molar-refractivity contribution in [1.29, 1.82) is 0 Å². The number of hydrogen-bond donors (Lipinski definition) is 2. The molecule has 0 heterocycles. The monoisotopic (exact) mass is 243 g/mol. The Hall–Kier alpha value is -2.18. The molecule has 0 unspecified atom stereocenters. The van der Waals surface area contributed by atoms with E-state index in [0.29, 0.717) is 5.56 Å². The van der Waals surface area contributed by atoms with E-state index in [2.05, 4.69) is 0 Å². The van der Waals surface area contributed by atoms with Crippen molar-refractivity contribution < 1.29 is 15.0 Å². The molecule has 6 heteroatoms. The maximum atomic E-state index is 11.0. The number of benzene rings is 2. The van der Waals surface area contributed by atoms with E-state index in [1.807, 2.05) is 0 Å². The van der Waals surface area contributed by atoms with E-state index in [1.165, 1.54) is 18.2 Å². The Kier molecular flexibility index (Phi) is 3.41. The molecule has 0 spiro atoms. The van der Waals surface area contributed by atoms with Crippen LogP contribution in [0.15, 0.2) is 48.5 Å². The summed E-state index contributed by atoms with van der Waals surface area (Å²) in [6, 6.07) is 12.9. The van der Waals surface area contributed by atoms with Crippen LogP contribution in [0.4, 0.5) is 5.69 Å². The molecule has 0 aliphatic heterocycles. The molecule has 2 aromatic rings. The maximum absolute atomic E-state index is 11.0. The molecule has 18 heavy (non-hydrogen) atoms. The molecule has 0 aliphatic carbocycles. The first-order chi connectivity index (χ1) is 8.61. The lowest BCUT2D eigenvalue weighted by Gasteiger charge is -2.09. The molecule has 2 rings (SSSR count). The topological polar surface area (TPSA) is 83.6 Å². The highest BCUT2D eigenvalue weighted by atomic mass is 16.6. The van der Waals surface area contributed by atoms with Crippen LogP contribution in [-0.2, 0) is 0 Å². The van der Waals surface area contributed by atoms with Gasteiger partial charge < -0.3 is 10.0 Å². The second kappa shape index (κ2) is 4.99. The van der Waals surface area contributed by atoms with Gasteiger partial charge in [-0.05, 0) is 11.0 Å². The number of hydrogen-bond acceptors (Lipinski definition) is 4. The standard InChI is InChI=1S/C12H10BNO4/c15-13(16)10-7-4-8-11(14(17)18)12(10)9-5-2-1-3-6-9/h1-8,15-16H. The van der Waals surface area contributed by atoms with Crippen LogP contribution in [0.3, 0.4) is 0 Å². The first-order valence-corrected chi connectivity index (χ1v) is 5.30. The van der Waals surface area contributed by atoms with E-state index in [9.17, 15) is 20.2 Å². The van der Waals surface area contributed by atoms with Gasteiger partial charge in [0.05, 0.1) is 10.5 Å². The smallest absolute Gasteiger partial charge is 0.423 e. The number of nitrogens with zero attached hydrogens (tertiary/aromatic N) is 1. The van der Waals surface area contributed by atoms with Crippen molar-refractivity contribution in [2.24, 2.45) is 0 Å². The van der Waals surface area contributed by atoms with Gasteiger partial charge in [-0.3, -0.25) is 10.1 Å². The molecular formula is C12H10BNO4. The lowest BCUT2D eigenvalue weighted by atomic mass is 9.75. The molecule has 90 valence electrons. The SMILES string of the molecule is O=[N+]([O-])c1cccc(B(O)O)c1-c1ccccc1. The average molecular weight is 243 g/mol. The zero-order valence-corrected chi connectivity index (χ0v) is 9.35. The largest absolute Gasteiger partial charge is 0.489 e. The average Bonchev–Trinajstić information content (AvgIpc) is 2.38. The van der Waals surface area contributed by atoms with Gasteiger partial charge in [-0.2, -0.15) is 0 Å². The van der Waals surface area contributed by atoms with Crippen LogP contribution in [-0.4, -0.2) is 22.1 Å². The zero-order chi connectivity index (χ0) is 13.1. The van der Waals surface area contributed by atoms with Crippen molar-refractivity contribution in [2.75, 3.05) is 0 Å². The fraction of sp³-hybridized carbons (Fsp3) is 0. The van der Waals surface area contributed by atoms with Crippen molar-refractivity contribution in [3.05, 3.63) is 58.6 Å². The van der Waals surface area contributed by atoms with Gasteiger partial charge in [-0.25, -0.2) is 0 Å². The first-order valence-electron chi connectivity index (χ1n) is 5.30. The van der Waals surface area contributed by atoms with Crippen molar-refractivity contribution in [3.63, 3.8) is 0 Å². The fourth-order valence-electron chi connectivity index (χ4n) is 1.84. The van der Waals surface area contributed by atoms with Crippen molar-refractivity contribution in [2.45, 2.75) is 0 Å². The van der Waals surface area contributed by atoms with Gasteiger partial charge in [0.15, 0.2) is 0 Å². The van der Waals surface area contributed by atoms with E-state index >= 15 is 0 Å². The summed E-state index contributed by atoms with van der Waals surface area (Å²) in [7, 11) is -1.75. The molecule has 0 saturated carbocycles. The number of rotatable bonds is 3. The molecule has 0 saturated heterocycles. The van der Waals surface area contributed by atoms with Gasteiger partial charge in [0.1, 0.15) is 0 Å². The third-order valence-electron chi connectivity index (χ3n) is 2.61. The minimum absolute atomic E-state index is 0.121. The van der Waals surface area contributed by atoms with Crippen LogP contribution < -0.4 is 5.46 Å². The summed E-state index contributed by atoms with van der Waals surface area (Å²) in [5, 5.41) is 29.6. The highest BCUT2D eigenvalue weighted by Gasteiger charge is 2.24. The van der Waals surface area contributed by atoms with Crippen molar-refractivity contribution >= 4 is 18.3 Å². The molecule has 0 aromatic heterocycles. The first kappa shape index (κ1) is 12.3. The minimum atomic E-state index is -1.75. The molecule has 0 bridgehead atoms. The van der Waals surface area contributed by atoms with E-state index < -0.39 is 12.0 Å². The van der Waals surface area contributed by atoms with Crippen LogP contribution in [0.2, 0.25) is 0 Å². The lowest BCUT2D eigenvalue weighted by molar-refractivity contribution is -0.384. The molecule has 0 amide bonds. The van der Waals surface area contributed by atoms with Gasteiger partial charge in [0, 0.05) is 6.07 Å². The third-order valence-corrected chi connectivity index (χ3v) is 2.61. The van der Waals surface area contributed by atoms with Gasteiger partial charge in [0.2, 0.25) is 0 Å².